The SMILES string of the molecule is CC(C)(NC(=O)O)C(=O)N1CCC(CCn2cnc(N)c3nc(Sc4cc5c(cc4Br)OCO5)nc2-3)CC1. The first kappa shape index (κ1) is 26.4. The summed E-state index contributed by atoms with van der Waals surface area (Å²) in [5.74, 6) is 2.57. The van der Waals surface area contributed by atoms with Gasteiger partial charge in [-0.1, -0.05) is 0 Å². The van der Waals surface area contributed by atoms with Gasteiger partial charge in [-0.25, -0.2) is 19.7 Å². The average molecular weight is 607 g/mol. The number of rotatable bonds is 7. The van der Waals surface area contributed by atoms with Gasteiger partial charge >= 0.3 is 6.09 Å². The molecule has 0 spiro atoms. The Labute approximate surface area is 231 Å². The van der Waals surface area contributed by atoms with E-state index in [2.05, 4.69) is 31.2 Å². The quantitative estimate of drug-likeness (QED) is 0.362. The minimum Gasteiger partial charge on any atom is -0.465 e. The topological polar surface area (TPSA) is 158 Å². The molecule has 5 rings (SSSR count). The predicted molar refractivity (Wildman–Crippen MR) is 142 cm³/mol. The molecule has 0 radical (unpaired) electrons. The van der Waals surface area contributed by atoms with E-state index in [4.69, 9.17) is 25.3 Å². The molecule has 2 amide bonds. The number of likely N-dealkylation sites (tertiary alicyclic amines) is 1. The molecule has 4 heterocycles. The second kappa shape index (κ2) is 10.5. The second-order valence-corrected chi connectivity index (χ2v) is 11.7. The van der Waals surface area contributed by atoms with Gasteiger partial charge in [0.25, 0.3) is 0 Å². The number of halogens is 1. The van der Waals surface area contributed by atoms with Gasteiger partial charge in [0.15, 0.2) is 34.0 Å². The largest absolute Gasteiger partial charge is 0.465 e. The highest BCUT2D eigenvalue weighted by atomic mass is 79.9. The Balaban J connectivity index is 1.23. The molecule has 0 saturated carbocycles. The number of amides is 2. The number of ether oxygens (including phenoxy) is 2. The van der Waals surface area contributed by atoms with Crippen LogP contribution in [-0.2, 0) is 11.3 Å². The molecule has 0 bridgehead atoms. The van der Waals surface area contributed by atoms with Crippen LogP contribution >= 0.6 is 27.7 Å². The number of aromatic nitrogens is 4. The molecule has 14 heteroatoms. The van der Waals surface area contributed by atoms with Gasteiger partial charge in [0.05, 0.1) is 6.33 Å². The van der Waals surface area contributed by atoms with E-state index in [0.29, 0.717) is 59.5 Å². The van der Waals surface area contributed by atoms with Gasteiger partial charge in [0, 0.05) is 29.0 Å². The molecule has 4 aliphatic rings. The highest BCUT2D eigenvalue weighted by Crippen LogP contribution is 2.43. The maximum atomic E-state index is 12.8. The first-order valence-electron chi connectivity index (χ1n) is 12.2. The Morgan fingerprint density at radius 1 is 1.24 bits per heavy atom. The number of benzene rings is 1. The number of fused-ring (bicyclic) bond motifs is 2. The summed E-state index contributed by atoms with van der Waals surface area (Å²) in [7, 11) is 0. The standard InChI is InChI=1S/C24H28BrN7O5S/c1-24(2,30-23(34)35)21(33)31-6-3-13(4-7-31)5-8-32-11-27-19(26)18-20(32)29-22(28-18)38-17-10-16-15(9-14(17)25)36-12-37-16/h9-11,13,30H,3-8,12,26H2,1-2H3,(H,34,35). The van der Waals surface area contributed by atoms with Gasteiger partial charge in [-0.2, -0.15) is 0 Å². The lowest BCUT2D eigenvalue weighted by atomic mass is 9.92. The number of carboxylic acid groups (broad SMARTS) is 1. The minimum absolute atomic E-state index is 0.199. The number of anilines is 1. The van der Waals surface area contributed by atoms with Crippen molar-refractivity contribution in [3.63, 3.8) is 0 Å². The van der Waals surface area contributed by atoms with Crippen LogP contribution in [0.4, 0.5) is 10.6 Å². The third kappa shape index (κ3) is 5.46. The lowest BCUT2D eigenvalue weighted by Crippen LogP contribution is -2.57. The van der Waals surface area contributed by atoms with Gasteiger partial charge in [-0.15, -0.1) is 0 Å². The molecule has 38 heavy (non-hydrogen) atoms. The lowest BCUT2D eigenvalue weighted by molar-refractivity contribution is -0.138. The van der Waals surface area contributed by atoms with E-state index in [1.165, 1.54) is 11.8 Å². The zero-order valence-electron chi connectivity index (χ0n) is 20.9. The number of hydrogen-bond donors (Lipinski definition) is 3. The number of aryl methyl sites for hydroxylation is 1. The summed E-state index contributed by atoms with van der Waals surface area (Å²) in [6, 6.07) is 3.76. The molecule has 4 aliphatic heterocycles. The normalized spacial score (nSPS) is 15.7. The van der Waals surface area contributed by atoms with Crippen molar-refractivity contribution in [1.29, 1.82) is 0 Å². The number of hydrogen-bond acceptors (Lipinski definition) is 9. The summed E-state index contributed by atoms with van der Waals surface area (Å²) in [6.45, 7) is 5.24. The highest BCUT2D eigenvalue weighted by molar-refractivity contribution is 9.10. The molecule has 1 fully saturated rings. The van der Waals surface area contributed by atoms with Crippen LogP contribution in [0.25, 0.3) is 11.5 Å². The van der Waals surface area contributed by atoms with Crippen LogP contribution in [0.5, 0.6) is 11.5 Å². The van der Waals surface area contributed by atoms with Crippen LogP contribution < -0.4 is 20.5 Å². The first-order valence-corrected chi connectivity index (χ1v) is 13.8. The number of nitrogens with one attached hydrogen (secondary N) is 1. The van der Waals surface area contributed by atoms with Crippen molar-refractivity contribution in [3.05, 3.63) is 22.9 Å². The van der Waals surface area contributed by atoms with Crippen molar-refractivity contribution >= 4 is 45.5 Å². The third-order valence-corrected chi connectivity index (χ3v) is 8.58. The fraction of sp³-hybridized carbons (Fsp3) is 0.458. The Bertz CT molecular complexity index is 1340. The average Bonchev–Trinajstić information content (AvgIpc) is 3.50. The molecular formula is C24H28BrN7O5S. The third-order valence-electron chi connectivity index (χ3n) is 6.73. The van der Waals surface area contributed by atoms with Crippen molar-refractivity contribution in [2.45, 2.75) is 55.2 Å². The monoisotopic (exact) mass is 605 g/mol. The van der Waals surface area contributed by atoms with Gasteiger partial charge in [-0.05, 0) is 78.9 Å². The van der Waals surface area contributed by atoms with Gasteiger partial charge in [-0.3, -0.25) is 4.79 Å². The van der Waals surface area contributed by atoms with E-state index in [-0.39, 0.29) is 12.7 Å². The van der Waals surface area contributed by atoms with Crippen LogP contribution in [-0.4, -0.2) is 66.9 Å². The number of carbonyl (C=O) groups is 2. The summed E-state index contributed by atoms with van der Waals surface area (Å²) in [5.41, 5.74) is 5.52. The highest BCUT2D eigenvalue weighted by Gasteiger charge is 2.35. The molecule has 0 aromatic heterocycles. The summed E-state index contributed by atoms with van der Waals surface area (Å²) in [4.78, 5) is 40.1. The van der Waals surface area contributed by atoms with E-state index in [9.17, 15) is 9.59 Å². The number of nitrogens with two attached hydrogens (primary N) is 1. The van der Waals surface area contributed by atoms with Crippen LogP contribution in [0, 0.1) is 5.92 Å². The van der Waals surface area contributed by atoms with Gasteiger partial charge < -0.3 is 35.1 Å². The van der Waals surface area contributed by atoms with E-state index < -0.39 is 11.6 Å². The maximum absolute atomic E-state index is 12.8. The molecule has 1 saturated heterocycles. The van der Waals surface area contributed by atoms with Crippen molar-refractivity contribution in [2.75, 3.05) is 25.6 Å². The van der Waals surface area contributed by atoms with Crippen LogP contribution in [0.3, 0.4) is 0 Å². The lowest BCUT2D eigenvalue weighted by Gasteiger charge is -2.37. The predicted octanol–water partition coefficient (Wildman–Crippen LogP) is 3.68. The van der Waals surface area contributed by atoms with Crippen LogP contribution in [0.15, 0.2) is 33.0 Å². The Morgan fingerprint density at radius 3 is 2.66 bits per heavy atom. The van der Waals surface area contributed by atoms with Crippen molar-refractivity contribution in [3.8, 4) is 23.0 Å². The number of carbonyl (C=O) groups excluding carboxylic acids is 1. The smallest absolute Gasteiger partial charge is 0.405 e. The van der Waals surface area contributed by atoms with Crippen LogP contribution in [0.1, 0.15) is 33.1 Å². The molecule has 0 aliphatic carbocycles. The number of nitrogen functional groups attached to an aromatic ring is 1. The first-order chi connectivity index (χ1) is 18.1. The summed E-state index contributed by atoms with van der Waals surface area (Å²) in [5, 5.41) is 11.9. The molecule has 1 aromatic rings. The summed E-state index contributed by atoms with van der Waals surface area (Å²) in [6.07, 6.45) is 3.04. The zero-order valence-corrected chi connectivity index (χ0v) is 23.3. The zero-order chi connectivity index (χ0) is 27.0. The van der Waals surface area contributed by atoms with Gasteiger partial charge in [0.1, 0.15) is 5.54 Å². The van der Waals surface area contributed by atoms with E-state index in [1.807, 2.05) is 16.7 Å². The number of nitrogens with zero attached hydrogens (tertiary/aromatic N) is 5. The van der Waals surface area contributed by atoms with Crippen molar-refractivity contribution in [2.24, 2.45) is 5.92 Å². The molecular weight excluding hydrogens is 578 g/mol. The van der Waals surface area contributed by atoms with Crippen molar-refractivity contribution in [1.82, 2.24) is 29.7 Å². The molecule has 12 nitrogen and oxygen atoms in total. The Morgan fingerprint density at radius 2 is 1.95 bits per heavy atom. The molecule has 4 N–H and O–H groups in total. The Hall–Kier alpha value is -3.26. The summed E-state index contributed by atoms with van der Waals surface area (Å²) >= 11 is 4.97. The number of piperidine rings is 1. The second-order valence-electron chi connectivity index (χ2n) is 9.82. The van der Waals surface area contributed by atoms with Crippen molar-refractivity contribution < 1.29 is 24.2 Å². The van der Waals surface area contributed by atoms with Crippen LogP contribution in [0.2, 0.25) is 0 Å². The molecule has 202 valence electrons. The van der Waals surface area contributed by atoms with E-state index in [0.717, 1.165) is 28.6 Å². The molecule has 0 unspecified atom stereocenters. The van der Waals surface area contributed by atoms with E-state index in [1.54, 1.807) is 25.1 Å². The molecule has 1 aromatic carbocycles. The fourth-order valence-corrected chi connectivity index (χ4v) is 6.03. The Kier molecular flexibility index (Phi) is 7.27. The number of imidazole rings is 1. The maximum Gasteiger partial charge on any atom is 0.405 e. The molecule has 0 atom stereocenters. The van der Waals surface area contributed by atoms with Gasteiger partial charge in [0.2, 0.25) is 12.7 Å². The van der Waals surface area contributed by atoms with E-state index >= 15 is 0 Å². The summed E-state index contributed by atoms with van der Waals surface area (Å²) < 4.78 is 13.7. The fourth-order valence-electron chi connectivity index (χ4n) is 4.68. The minimum atomic E-state index is -1.21.